The van der Waals surface area contributed by atoms with Crippen LogP contribution in [0.1, 0.15) is 54.6 Å². The SMILES string of the molecule is C[C@@H](Nc1nc(Cl)nc2c1CC(CCC(=O)C1C3CNCC31)CC2)c1cc(N)cc(C(F)(F)F)c1. The lowest BCUT2D eigenvalue weighted by molar-refractivity contribution is -0.137. The molecule has 4 atom stereocenters. The number of aryl methyl sites for hydroxylation is 1. The van der Waals surface area contributed by atoms with Crippen LogP contribution in [-0.2, 0) is 23.8 Å². The number of carbonyl (C=O) groups is 1. The summed E-state index contributed by atoms with van der Waals surface area (Å²) in [5, 5.41) is 6.67. The number of ketones is 1. The van der Waals surface area contributed by atoms with Gasteiger partial charge in [0, 0.05) is 23.6 Å². The first-order chi connectivity index (χ1) is 16.6. The highest BCUT2D eigenvalue weighted by Gasteiger charge is 2.56. The summed E-state index contributed by atoms with van der Waals surface area (Å²) in [4.78, 5) is 21.4. The molecule has 3 aliphatic rings. The highest BCUT2D eigenvalue weighted by Crippen LogP contribution is 2.50. The Bertz CT molecular complexity index is 1130. The minimum Gasteiger partial charge on any atom is -0.399 e. The molecular formula is C25H29ClF3N5O. The molecule has 188 valence electrons. The van der Waals surface area contributed by atoms with Gasteiger partial charge in [-0.25, -0.2) is 9.97 Å². The third-order valence-electron chi connectivity index (χ3n) is 7.77. The molecule has 3 unspecified atom stereocenters. The van der Waals surface area contributed by atoms with Gasteiger partial charge in [0.15, 0.2) is 0 Å². The fourth-order valence-corrected chi connectivity index (χ4v) is 5.99. The number of rotatable bonds is 7. The number of nitrogens with zero attached hydrogens (tertiary/aromatic N) is 2. The molecular weight excluding hydrogens is 479 g/mol. The maximum absolute atomic E-state index is 13.3. The van der Waals surface area contributed by atoms with Gasteiger partial charge in [0.2, 0.25) is 5.28 Å². The highest BCUT2D eigenvalue weighted by atomic mass is 35.5. The minimum atomic E-state index is -4.48. The van der Waals surface area contributed by atoms with E-state index in [4.69, 9.17) is 17.3 Å². The van der Waals surface area contributed by atoms with Crippen LogP contribution in [0.2, 0.25) is 5.28 Å². The standard InChI is InChI=1S/C25H29ClF3N5O/c1-12(14-7-15(25(27,28)29)9-16(30)8-14)32-23-17-6-13(2-4-20(17)33-24(26)34-23)3-5-21(35)22-18-10-31-11-19(18)22/h7-9,12-13,18-19,22,31H,2-6,10-11,30H2,1H3,(H,32,33,34)/t12-,13?,18?,19?,22?/m1/s1. The average molecular weight is 508 g/mol. The molecule has 1 saturated heterocycles. The molecule has 2 aliphatic carbocycles. The van der Waals surface area contributed by atoms with Crippen LogP contribution >= 0.6 is 11.6 Å². The third-order valence-corrected chi connectivity index (χ3v) is 7.94. The number of nitrogens with one attached hydrogen (secondary N) is 2. The van der Waals surface area contributed by atoms with Crippen LogP contribution in [0.25, 0.3) is 0 Å². The Kier molecular flexibility index (Phi) is 6.42. The number of benzene rings is 1. The largest absolute Gasteiger partial charge is 0.416 e. The van der Waals surface area contributed by atoms with Gasteiger partial charge < -0.3 is 16.4 Å². The van der Waals surface area contributed by atoms with Crippen molar-refractivity contribution in [3.63, 3.8) is 0 Å². The summed E-state index contributed by atoms with van der Waals surface area (Å²) in [6, 6.07) is 3.07. The Hall–Kier alpha value is -2.39. The zero-order valence-corrected chi connectivity index (χ0v) is 20.2. The molecule has 0 radical (unpaired) electrons. The number of aromatic nitrogens is 2. The lowest BCUT2D eigenvalue weighted by Gasteiger charge is -2.27. The van der Waals surface area contributed by atoms with Crippen molar-refractivity contribution in [2.24, 2.45) is 23.7 Å². The van der Waals surface area contributed by atoms with E-state index in [0.717, 1.165) is 55.7 Å². The molecule has 2 aromatic rings. The van der Waals surface area contributed by atoms with Gasteiger partial charge in [0.25, 0.3) is 0 Å². The molecule has 1 aromatic heterocycles. The number of halogens is 4. The highest BCUT2D eigenvalue weighted by molar-refractivity contribution is 6.28. The summed E-state index contributed by atoms with van der Waals surface area (Å²) < 4.78 is 39.8. The third kappa shape index (κ3) is 5.11. The summed E-state index contributed by atoms with van der Waals surface area (Å²) in [5.74, 6) is 2.55. The second-order valence-electron chi connectivity index (χ2n) is 10.1. The van der Waals surface area contributed by atoms with Crippen LogP contribution in [0.5, 0.6) is 0 Å². The first-order valence-corrected chi connectivity index (χ1v) is 12.5. The number of nitrogen functional groups attached to an aromatic ring is 1. The molecule has 0 spiro atoms. The lowest BCUT2D eigenvalue weighted by Crippen LogP contribution is -2.22. The zero-order chi connectivity index (χ0) is 24.9. The van der Waals surface area contributed by atoms with Crippen molar-refractivity contribution in [1.29, 1.82) is 0 Å². The van der Waals surface area contributed by atoms with E-state index in [-0.39, 0.29) is 16.9 Å². The van der Waals surface area contributed by atoms with E-state index in [9.17, 15) is 18.0 Å². The molecule has 4 N–H and O–H groups in total. The molecule has 0 bridgehead atoms. The van der Waals surface area contributed by atoms with Gasteiger partial charge in [-0.2, -0.15) is 13.2 Å². The van der Waals surface area contributed by atoms with Gasteiger partial charge >= 0.3 is 6.18 Å². The van der Waals surface area contributed by atoms with E-state index < -0.39 is 17.8 Å². The van der Waals surface area contributed by atoms with E-state index in [2.05, 4.69) is 20.6 Å². The fraction of sp³-hybridized carbons (Fsp3) is 0.560. The number of alkyl halides is 3. The quantitative estimate of drug-likeness (QED) is 0.367. The molecule has 6 nitrogen and oxygen atoms in total. The number of carbonyl (C=O) groups excluding carboxylic acids is 1. The molecule has 0 amide bonds. The van der Waals surface area contributed by atoms with Gasteiger partial charge in [-0.3, -0.25) is 4.79 Å². The number of piperidine rings is 1. The van der Waals surface area contributed by atoms with E-state index >= 15 is 0 Å². The Morgan fingerprint density at radius 3 is 2.71 bits per heavy atom. The molecule has 2 heterocycles. The van der Waals surface area contributed by atoms with E-state index in [1.165, 1.54) is 6.07 Å². The molecule has 5 rings (SSSR count). The van der Waals surface area contributed by atoms with Crippen molar-refractivity contribution >= 4 is 28.9 Å². The van der Waals surface area contributed by atoms with Gasteiger partial charge in [-0.1, -0.05) is 0 Å². The van der Waals surface area contributed by atoms with Gasteiger partial charge in [-0.15, -0.1) is 0 Å². The van der Waals surface area contributed by atoms with Crippen molar-refractivity contribution < 1.29 is 18.0 Å². The second-order valence-corrected chi connectivity index (χ2v) is 10.5. The molecule has 1 saturated carbocycles. The lowest BCUT2D eigenvalue weighted by atomic mass is 9.83. The molecule has 2 fully saturated rings. The number of anilines is 2. The van der Waals surface area contributed by atoms with Crippen molar-refractivity contribution in [2.75, 3.05) is 24.1 Å². The predicted molar refractivity (Wildman–Crippen MR) is 128 cm³/mol. The Balaban J connectivity index is 1.28. The number of hydrogen-bond acceptors (Lipinski definition) is 6. The summed E-state index contributed by atoms with van der Waals surface area (Å²) in [6.45, 7) is 3.68. The molecule has 35 heavy (non-hydrogen) atoms. The van der Waals surface area contributed by atoms with Crippen molar-refractivity contribution in [3.05, 3.63) is 45.9 Å². The van der Waals surface area contributed by atoms with E-state index in [0.29, 0.717) is 47.8 Å². The van der Waals surface area contributed by atoms with Crippen LogP contribution in [0, 0.1) is 23.7 Å². The molecule has 10 heteroatoms. The van der Waals surface area contributed by atoms with Gasteiger partial charge in [0.05, 0.1) is 17.3 Å². The summed E-state index contributed by atoms with van der Waals surface area (Å²) in [6.07, 6.45) is -0.709. The predicted octanol–water partition coefficient (Wildman–Crippen LogP) is 4.82. The number of nitrogens with two attached hydrogens (primary N) is 1. The van der Waals surface area contributed by atoms with Gasteiger partial charge in [0.1, 0.15) is 11.6 Å². The Morgan fingerprint density at radius 1 is 1.26 bits per heavy atom. The van der Waals surface area contributed by atoms with Crippen molar-refractivity contribution in [3.8, 4) is 0 Å². The maximum atomic E-state index is 13.3. The van der Waals surface area contributed by atoms with Crippen molar-refractivity contribution in [1.82, 2.24) is 15.3 Å². The van der Waals surface area contributed by atoms with E-state index in [1.54, 1.807) is 6.92 Å². The summed E-state index contributed by atoms with van der Waals surface area (Å²) in [7, 11) is 0. The van der Waals surface area contributed by atoms with Crippen molar-refractivity contribution in [2.45, 2.75) is 51.2 Å². The summed E-state index contributed by atoms with van der Waals surface area (Å²) in [5.41, 5.74) is 7.20. The first kappa shape index (κ1) is 24.3. The minimum absolute atomic E-state index is 0.0477. The zero-order valence-electron chi connectivity index (χ0n) is 19.5. The van der Waals surface area contributed by atoms with Crippen LogP contribution < -0.4 is 16.4 Å². The normalized spacial score (nSPS) is 26.1. The van der Waals surface area contributed by atoms with E-state index in [1.807, 2.05) is 0 Å². The van der Waals surface area contributed by atoms with Crippen LogP contribution in [0.4, 0.5) is 24.7 Å². The Morgan fingerprint density at radius 2 is 2.00 bits per heavy atom. The first-order valence-electron chi connectivity index (χ1n) is 12.1. The second kappa shape index (κ2) is 9.24. The number of Topliss-reactive ketones (excluding diaryl/α,β-unsaturated/α-hetero) is 1. The smallest absolute Gasteiger partial charge is 0.399 e. The average Bonchev–Trinajstić information content (AvgIpc) is 3.28. The van der Waals surface area contributed by atoms with Crippen LogP contribution in [0.3, 0.4) is 0 Å². The number of hydrogen-bond donors (Lipinski definition) is 3. The number of fused-ring (bicyclic) bond motifs is 2. The fourth-order valence-electron chi connectivity index (χ4n) is 5.81. The summed E-state index contributed by atoms with van der Waals surface area (Å²) >= 11 is 6.17. The monoisotopic (exact) mass is 507 g/mol. The van der Waals surface area contributed by atoms with Crippen LogP contribution in [0.15, 0.2) is 18.2 Å². The topological polar surface area (TPSA) is 92.9 Å². The molecule has 1 aliphatic heterocycles. The maximum Gasteiger partial charge on any atom is 0.416 e. The molecule has 1 aromatic carbocycles. The van der Waals surface area contributed by atoms with Gasteiger partial charge in [-0.05, 0) is 98.8 Å². The Labute approximate surface area is 207 Å². The van der Waals surface area contributed by atoms with Crippen LogP contribution in [-0.4, -0.2) is 28.8 Å².